The molecule has 244 valence electrons. The quantitative estimate of drug-likeness (QED) is 0.214. The van der Waals surface area contributed by atoms with E-state index in [2.05, 4.69) is 178 Å². The summed E-state index contributed by atoms with van der Waals surface area (Å²) in [5.41, 5.74) is 24.5. The van der Waals surface area contributed by atoms with Crippen LogP contribution in [0, 0.1) is 45.9 Å². The molecule has 0 atom stereocenters. The third-order valence-corrected chi connectivity index (χ3v) is 16.3. The fraction of sp³-hybridized carbons (Fsp3) is 0.300. The molecule has 9 heteroatoms. The van der Waals surface area contributed by atoms with Crippen molar-refractivity contribution in [1.29, 1.82) is 0 Å². The number of aliphatic imine (C=N–C) groups is 2. The molecule has 0 fully saturated rings. The molecule has 0 spiro atoms. The Kier molecular flexibility index (Phi) is 9.23. The standard InChI is InChI=1S/C40H44N4Si4.Pb/c1-45(2,3)25-21-29-33-13-15-35(41-33)30(22-26-46(4,5)6)37-17-19-39(43-37)32(24-28-48(10,11)12)40-20-18-38(44-40)31(23-27-47(7,8)9)36-16-14-34(29)42-36;/h13-20H,1-12H3;/q-2;+2. The summed E-state index contributed by atoms with van der Waals surface area (Å²) >= 11 is -2.03. The van der Waals surface area contributed by atoms with E-state index in [1.807, 2.05) is 0 Å². The van der Waals surface area contributed by atoms with Crippen LogP contribution in [0.3, 0.4) is 0 Å². The van der Waals surface area contributed by atoms with Gasteiger partial charge in [0.1, 0.15) is 0 Å². The van der Waals surface area contributed by atoms with Gasteiger partial charge in [0.05, 0.1) is 0 Å². The molecule has 4 nitrogen and oxygen atoms in total. The molecule has 0 unspecified atom stereocenters. The maximum absolute atomic E-state index is 5.30. The Morgan fingerprint density at radius 3 is 1.14 bits per heavy atom. The predicted octanol–water partition coefficient (Wildman–Crippen LogP) is 6.52. The van der Waals surface area contributed by atoms with E-state index in [1.54, 1.807) is 0 Å². The van der Waals surface area contributed by atoms with Crippen LogP contribution in [-0.4, -0.2) is 73.3 Å². The summed E-state index contributed by atoms with van der Waals surface area (Å²) < 4.78 is 5.14. The molecule has 6 bridgehead atoms. The van der Waals surface area contributed by atoms with Gasteiger partial charge in [-0.3, -0.25) is 0 Å². The Labute approximate surface area is 309 Å². The zero-order valence-electron chi connectivity index (χ0n) is 30.9. The van der Waals surface area contributed by atoms with E-state index in [0.717, 1.165) is 67.2 Å². The zero-order chi connectivity index (χ0) is 35.5. The van der Waals surface area contributed by atoms with E-state index in [-0.39, 0.29) is 0 Å². The molecule has 2 aromatic rings. The first kappa shape index (κ1) is 35.5. The van der Waals surface area contributed by atoms with Crippen molar-refractivity contribution < 1.29 is 0 Å². The molecule has 6 heterocycles. The first-order chi connectivity index (χ1) is 22.8. The molecule has 6 rings (SSSR count). The second-order valence-corrected chi connectivity index (χ2v) is 40.2. The number of fused-ring (bicyclic) bond motifs is 2. The molecule has 2 aromatic heterocycles. The van der Waals surface area contributed by atoms with Crippen molar-refractivity contribution in [3.8, 4) is 45.9 Å². The number of nitrogens with zero attached hydrogens (tertiary/aromatic N) is 4. The van der Waals surface area contributed by atoms with Crippen LogP contribution in [0.4, 0.5) is 0 Å². The molecule has 0 aromatic carbocycles. The van der Waals surface area contributed by atoms with Crippen molar-refractivity contribution in [2.45, 2.75) is 78.6 Å². The monoisotopic (exact) mass is 900 g/mol. The second-order valence-electron chi connectivity index (χ2n) is 16.9. The minimum atomic E-state index is -2.03. The van der Waals surface area contributed by atoms with Crippen LogP contribution in [0.1, 0.15) is 11.4 Å². The molecule has 0 amide bonds. The van der Waals surface area contributed by atoms with Gasteiger partial charge in [0, 0.05) is 0 Å². The van der Waals surface area contributed by atoms with E-state index in [0.29, 0.717) is 0 Å². The predicted molar refractivity (Wildman–Crippen MR) is 223 cm³/mol. The number of hydrogen-bond acceptors (Lipinski definition) is 2. The van der Waals surface area contributed by atoms with Crippen molar-refractivity contribution in [2.75, 3.05) is 0 Å². The van der Waals surface area contributed by atoms with E-state index >= 15 is 0 Å². The van der Waals surface area contributed by atoms with Gasteiger partial charge >= 0.3 is 312 Å². The molecule has 0 saturated carbocycles. The normalized spacial score (nSPS) is 16.5. The Morgan fingerprint density at radius 2 is 0.796 bits per heavy atom. The average molecular weight is 900 g/mol. The zero-order valence-corrected chi connectivity index (χ0v) is 38.8. The van der Waals surface area contributed by atoms with Crippen LogP contribution >= 0.6 is 0 Å². The summed E-state index contributed by atoms with van der Waals surface area (Å²) in [7, 11) is -6.81. The first-order valence-electron chi connectivity index (χ1n) is 16.9. The molecular weight excluding hydrogens is 856 g/mol. The maximum atomic E-state index is 5.30. The Balaban J connectivity index is 1.85. The van der Waals surface area contributed by atoms with E-state index in [4.69, 9.17) is 9.98 Å². The summed E-state index contributed by atoms with van der Waals surface area (Å²) in [5.74, 6) is 14.7. The molecule has 0 N–H and O–H groups in total. The van der Waals surface area contributed by atoms with Crippen molar-refractivity contribution in [3.05, 3.63) is 82.0 Å². The summed E-state index contributed by atoms with van der Waals surface area (Å²) in [5, 5.41) is 2.23. The van der Waals surface area contributed by atoms with E-state index in [1.165, 1.54) is 0 Å². The Hall–Kier alpha value is -3.37. The first-order valence-corrected chi connectivity index (χ1v) is 34.4. The van der Waals surface area contributed by atoms with Crippen LogP contribution < -0.4 is 10.7 Å². The molecule has 4 aliphatic rings. The van der Waals surface area contributed by atoms with Crippen molar-refractivity contribution >= 4 is 90.8 Å². The van der Waals surface area contributed by atoms with Crippen molar-refractivity contribution in [1.82, 2.24) is 4.75 Å². The Bertz CT molecular complexity index is 2240. The Morgan fingerprint density at radius 1 is 0.449 bits per heavy atom. The fourth-order valence-corrected chi connectivity index (χ4v) is 12.6. The topological polar surface area (TPSA) is 34.6 Å². The number of rotatable bonds is 0. The van der Waals surface area contributed by atoms with Gasteiger partial charge in [-0.05, 0) is 0 Å². The van der Waals surface area contributed by atoms with Gasteiger partial charge in [0.15, 0.2) is 0 Å². The third-order valence-electron chi connectivity index (χ3n) is 7.54. The van der Waals surface area contributed by atoms with Gasteiger partial charge in [-0.1, -0.05) is 0 Å². The van der Waals surface area contributed by atoms with Gasteiger partial charge in [-0.15, -0.1) is 0 Å². The second kappa shape index (κ2) is 12.7. The molecule has 2 radical (unpaired) electrons. The fourth-order valence-electron chi connectivity index (χ4n) is 5.29. The van der Waals surface area contributed by atoms with Crippen LogP contribution in [0.5, 0.6) is 0 Å². The van der Waals surface area contributed by atoms with E-state index < -0.39 is 57.1 Å². The number of allylic oxidation sites excluding steroid dienone is 6. The summed E-state index contributed by atoms with van der Waals surface area (Å²) in [6.45, 7) is 27.6. The molecule has 0 saturated heterocycles. The number of aromatic nitrogens is 2. The van der Waals surface area contributed by atoms with Crippen LogP contribution in [-0.2, 0) is 0 Å². The summed E-state index contributed by atoms with van der Waals surface area (Å²) in [6.07, 6.45) is 8.55. The molecular formula is C40H44N4PbSi4. The minimum absolute atomic E-state index is 0.909. The van der Waals surface area contributed by atoms with Gasteiger partial charge in [0.25, 0.3) is 0 Å². The van der Waals surface area contributed by atoms with Crippen LogP contribution in [0.2, 0.25) is 78.6 Å². The SMILES string of the molecule is C[Si](C)(C)C#CC1=C2C=CC(=N2)C(C#C[Si](C)(C)C)=c2ccc3[n]2[Pb][n]2c1ccc2C(C#C[Si](C)(C)C)=C1C=CC(=N1)C=3C#C[Si](C)(C)C. The van der Waals surface area contributed by atoms with E-state index in [9.17, 15) is 0 Å². The molecule has 4 aliphatic heterocycles. The van der Waals surface area contributed by atoms with Gasteiger partial charge in [-0.2, -0.15) is 0 Å². The van der Waals surface area contributed by atoms with Gasteiger partial charge < -0.3 is 0 Å². The number of hydrogen-bond donors (Lipinski definition) is 0. The van der Waals surface area contributed by atoms with Gasteiger partial charge in [-0.25, -0.2) is 0 Å². The third kappa shape index (κ3) is 8.01. The summed E-state index contributed by atoms with van der Waals surface area (Å²) in [4.78, 5) is 10.6. The van der Waals surface area contributed by atoms with Crippen molar-refractivity contribution in [2.24, 2.45) is 9.98 Å². The molecule has 0 aliphatic carbocycles. The average Bonchev–Trinajstić information content (AvgIpc) is 3.77. The summed E-state index contributed by atoms with van der Waals surface area (Å²) in [6, 6.07) is 8.99. The van der Waals surface area contributed by atoms with Gasteiger partial charge in [0.2, 0.25) is 0 Å². The van der Waals surface area contributed by atoms with Crippen LogP contribution in [0.25, 0.3) is 22.3 Å². The van der Waals surface area contributed by atoms with Crippen LogP contribution in [0.15, 0.2) is 69.9 Å². The van der Waals surface area contributed by atoms with Crippen molar-refractivity contribution in [3.63, 3.8) is 0 Å². The molecule has 49 heavy (non-hydrogen) atoms.